The summed E-state index contributed by atoms with van der Waals surface area (Å²) in [5.74, 6) is 0. The van der Waals surface area contributed by atoms with Crippen LogP contribution in [0.25, 0.3) is 0 Å². The highest BCUT2D eigenvalue weighted by atomic mass is 16.5. The third-order valence-corrected chi connectivity index (χ3v) is 2.71. The van der Waals surface area contributed by atoms with Crippen molar-refractivity contribution in [2.45, 2.75) is 45.9 Å². The Labute approximate surface area is 92.4 Å². The van der Waals surface area contributed by atoms with Crippen LogP contribution in [0.4, 0.5) is 0 Å². The Bertz CT molecular complexity index is 307. The molecule has 1 rings (SSSR count). The molecule has 1 aromatic carbocycles. The van der Waals surface area contributed by atoms with E-state index in [1.54, 1.807) is 0 Å². The van der Waals surface area contributed by atoms with Crippen LogP contribution in [0.2, 0.25) is 0 Å². The largest absolute Gasteiger partial charge is 0.371 e. The molecule has 0 saturated heterocycles. The summed E-state index contributed by atoms with van der Waals surface area (Å²) in [6.07, 6.45) is 1.02. The van der Waals surface area contributed by atoms with Gasteiger partial charge in [0.05, 0.1) is 12.2 Å². The van der Waals surface area contributed by atoms with E-state index in [1.807, 2.05) is 12.1 Å². The van der Waals surface area contributed by atoms with Gasteiger partial charge < -0.3 is 10.5 Å². The lowest BCUT2D eigenvalue weighted by Crippen LogP contribution is -2.22. The molecule has 84 valence electrons. The van der Waals surface area contributed by atoms with E-state index in [2.05, 4.69) is 32.9 Å². The van der Waals surface area contributed by atoms with Crippen molar-refractivity contribution in [3.05, 3.63) is 35.4 Å². The predicted octanol–water partition coefficient (Wildman–Crippen LogP) is 2.85. The molecule has 0 amide bonds. The number of hydrogen-bond donors (Lipinski definition) is 1. The lowest BCUT2D eigenvalue weighted by Gasteiger charge is -2.23. The molecule has 0 aliphatic rings. The number of nitrogens with two attached hydrogens (primary N) is 1. The molecule has 0 saturated carbocycles. The van der Waals surface area contributed by atoms with E-state index in [1.165, 1.54) is 5.56 Å². The lowest BCUT2D eigenvalue weighted by molar-refractivity contribution is -0.0316. The second-order valence-corrected chi connectivity index (χ2v) is 4.43. The standard InChI is InChI=1S/C13H21NO/c1-4-13(2,3)15-10-12-7-5-6-11(8-12)9-14/h5-8H,4,9-10,14H2,1-3H3. The summed E-state index contributed by atoms with van der Waals surface area (Å²) in [6.45, 7) is 7.61. The molecule has 0 unspecified atom stereocenters. The summed E-state index contributed by atoms with van der Waals surface area (Å²) >= 11 is 0. The first-order valence-electron chi connectivity index (χ1n) is 5.49. The van der Waals surface area contributed by atoms with Crippen LogP contribution in [-0.2, 0) is 17.9 Å². The van der Waals surface area contributed by atoms with Gasteiger partial charge in [-0.3, -0.25) is 0 Å². The first-order chi connectivity index (χ1) is 7.07. The predicted molar refractivity (Wildman–Crippen MR) is 63.5 cm³/mol. The normalized spacial score (nSPS) is 11.7. The van der Waals surface area contributed by atoms with Crippen molar-refractivity contribution in [2.75, 3.05) is 0 Å². The topological polar surface area (TPSA) is 35.2 Å². The minimum absolute atomic E-state index is 0.0429. The molecule has 0 atom stereocenters. The van der Waals surface area contributed by atoms with Crippen LogP contribution in [0.15, 0.2) is 24.3 Å². The fourth-order valence-corrected chi connectivity index (χ4v) is 1.23. The molecule has 15 heavy (non-hydrogen) atoms. The second-order valence-electron chi connectivity index (χ2n) is 4.43. The van der Waals surface area contributed by atoms with Crippen LogP contribution >= 0.6 is 0 Å². The summed E-state index contributed by atoms with van der Waals surface area (Å²) in [5, 5.41) is 0. The Morgan fingerprint density at radius 1 is 1.27 bits per heavy atom. The maximum absolute atomic E-state index is 5.82. The van der Waals surface area contributed by atoms with Crippen LogP contribution in [0, 0.1) is 0 Å². The van der Waals surface area contributed by atoms with Crippen molar-refractivity contribution >= 4 is 0 Å². The van der Waals surface area contributed by atoms with E-state index in [9.17, 15) is 0 Å². The summed E-state index contributed by atoms with van der Waals surface area (Å²) in [5.41, 5.74) is 7.89. The molecule has 2 N–H and O–H groups in total. The van der Waals surface area contributed by atoms with Gasteiger partial charge in [0.2, 0.25) is 0 Å². The monoisotopic (exact) mass is 207 g/mol. The summed E-state index contributed by atoms with van der Waals surface area (Å²) in [6, 6.07) is 8.24. The zero-order chi connectivity index (χ0) is 11.3. The van der Waals surface area contributed by atoms with Crippen LogP contribution in [0.3, 0.4) is 0 Å². The van der Waals surface area contributed by atoms with Gasteiger partial charge in [-0.25, -0.2) is 0 Å². The molecule has 1 aromatic rings. The van der Waals surface area contributed by atoms with Gasteiger partial charge in [-0.05, 0) is 31.4 Å². The third kappa shape index (κ3) is 4.02. The minimum atomic E-state index is -0.0429. The second kappa shape index (κ2) is 5.29. The Kier molecular flexibility index (Phi) is 4.30. The van der Waals surface area contributed by atoms with Crippen molar-refractivity contribution < 1.29 is 4.74 Å². The van der Waals surface area contributed by atoms with Crippen molar-refractivity contribution in [3.63, 3.8) is 0 Å². The van der Waals surface area contributed by atoms with Gasteiger partial charge in [0.1, 0.15) is 0 Å². The molecule has 0 bridgehead atoms. The molecule has 0 aliphatic carbocycles. The Balaban J connectivity index is 2.57. The van der Waals surface area contributed by atoms with E-state index < -0.39 is 0 Å². The van der Waals surface area contributed by atoms with Crippen molar-refractivity contribution in [1.82, 2.24) is 0 Å². The highest BCUT2D eigenvalue weighted by molar-refractivity contribution is 5.22. The summed E-state index contributed by atoms with van der Waals surface area (Å²) < 4.78 is 5.82. The minimum Gasteiger partial charge on any atom is -0.371 e. The first-order valence-corrected chi connectivity index (χ1v) is 5.49. The molecule has 0 fully saturated rings. The Morgan fingerprint density at radius 2 is 1.93 bits per heavy atom. The molecule has 0 aliphatic heterocycles. The average molecular weight is 207 g/mol. The fraction of sp³-hybridized carbons (Fsp3) is 0.538. The van der Waals surface area contributed by atoms with E-state index in [4.69, 9.17) is 10.5 Å². The lowest BCUT2D eigenvalue weighted by atomic mass is 10.1. The number of rotatable bonds is 5. The fourth-order valence-electron chi connectivity index (χ4n) is 1.23. The van der Waals surface area contributed by atoms with Gasteiger partial charge in [-0.15, -0.1) is 0 Å². The number of ether oxygens (including phenoxy) is 1. The summed E-state index contributed by atoms with van der Waals surface area (Å²) in [4.78, 5) is 0. The molecule has 0 radical (unpaired) electrons. The van der Waals surface area contributed by atoms with Gasteiger partial charge in [0, 0.05) is 6.54 Å². The van der Waals surface area contributed by atoms with Gasteiger partial charge in [-0.2, -0.15) is 0 Å². The zero-order valence-corrected chi connectivity index (χ0v) is 9.92. The Hall–Kier alpha value is -0.860. The highest BCUT2D eigenvalue weighted by Gasteiger charge is 2.14. The number of benzene rings is 1. The molecular formula is C13H21NO. The first kappa shape index (κ1) is 12.2. The molecule has 0 heterocycles. The molecule has 2 nitrogen and oxygen atoms in total. The van der Waals surface area contributed by atoms with Gasteiger partial charge in [-0.1, -0.05) is 31.2 Å². The van der Waals surface area contributed by atoms with Crippen LogP contribution in [0.5, 0.6) is 0 Å². The highest BCUT2D eigenvalue weighted by Crippen LogP contribution is 2.16. The van der Waals surface area contributed by atoms with Gasteiger partial charge in [0.25, 0.3) is 0 Å². The molecular weight excluding hydrogens is 186 g/mol. The zero-order valence-electron chi connectivity index (χ0n) is 9.92. The molecule has 0 aromatic heterocycles. The van der Waals surface area contributed by atoms with Crippen molar-refractivity contribution in [1.29, 1.82) is 0 Å². The molecule has 2 heteroatoms. The Morgan fingerprint density at radius 3 is 2.53 bits per heavy atom. The number of hydrogen-bond acceptors (Lipinski definition) is 2. The van der Waals surface area contributed by atoms with Crippen LogP contribution in [0.1, 0.15) is 38.3 Å². The van der Waals surface area contributed by atoms with Gasteiger partial charge in [0.15, 0.2) is 0 Å². The third-order valence-electron chi connectivity index (χ3n) is 2.71. The van der Waals surface area contributed by atoms with E-state index in [0.29, 0.717) is 13.2 Å². The maximum atomic E-state index is 5.82. The quantitative estimate of drug-likeness (QED) is 0.805. The van der Waals surface area contributed by atoms with Crippen molar-refractivity contribution in [2.24, 2.45) is 5.73 Å². The smallest absolute Gasteiger partial charge is 0.0724 e. The maximum Gasteiger partial charge on any atom is 0.0724 e. The van der Waals surface area contributed by atoms with Crippen LogP contribution < -0.4 is 5.73 Å². The average Bonchev–Trinajstić information content (AvgIpc) is 2.27. The summed E-state index contributed by atoms with van der Waals surface area (Å²) in [7, 11) is 0. The SMILES string of the molecule is CCC(C)(C)OCc1cccc(CN)c1. The van der Waals surface area contributed by atoms with E-state index in [0.717, 1.165) is 12.0 Å². The van der Waals surface area contributed by atoms with E-state index >= 15 is 0 Å². The van der Waals surface area contributed by atoms with Gasteiger partial charge >= 0.3 is 0 Å². The molecule has 0 spiro atoms. The van der Waals surface area contributed by atoms with E-state index in [-0.39, 0.29) is 5.60 Å². The van der Waals surface area contributed by atoms with Crippen LogP contribution in [-0.4, -0.2) is 5.60 Å². The van der Waals surface area contributed by atoms with Crippen molar-refractivity contribution in [3.8, 4) is 0 Å².